The van der Waals surface area contributed by atoms with Gasteiger partial charge in [-0.15, -0.1) is 0 Å². The summed E-state index contributed by atoms with van der Waals surface area (Å²) in [5, 5.41) is 9.49. The number of aromatic nitrogens is 3. The molecule has 0 fully saturated rings. The number of hydrogen-bond donors (Lipinski definition) is 0. The van der Waals surface area contributed by atoms with E-state index in [4.69, 9.17) is 9.72 Å². The minimum Gasteiger partial charge on any atom is -0.481 e. The van der Waals surface area contributed by atoms with Crippen molar-refractivity contribution in [3.05, 3.63) is 46.9 Å². The summed E-state index contributed by atoms with van der Waals surface area (Å²) in [6.45, 7) is 5.92. The Bertz CT molecular complexity index is 1050. The molecule has 0 saturated heterocycles. The number of hydrogen-bond acceptors (Lipinski definition) is 6. The molecule has 2 aromatic heterocycles. The maximum absolute atomic E-state index is 12.6. The number of carbonyl (C=O) groups is 1. The standard InChI is InChI=1S/C22H22N4O2/c1-12-9-14(7-8-24-12)20-25-19-16(21(26-20)28-4)5-6-17-13(2)18(27)15(11-23)10-22(17,19)3/h7-10,13,17H,5-6H2,1-4H3/t13-,17-,22-/m1/s1. The van der Waals surface area contributed by atoms with Crippen molar-refractivity contribution in [1.29, 1.82) is 5.26 Å². The molecule has 28 heavy (non-hydrogen) atoms. The largest absolute Gasteiger partial charge is 0.481 e. The number of ether oxygens (including phenoxy) is 1. The van der Waals surface area contributed by atoms with E-state index in [1.807, 2.05) is 32.1 Å². The molecule has 0 amide bonds. The van der Waals surface area contributed by atoms with Crippen LogP contribution in [0.15, 0.2) is 30.0 Å². The summed E-state index contributed by atoms with van der Waals surface area (Å²) in [4.78, 5) is 26.4. The molecule has 2 aromatic rings. The molecule has 6 heteroatoms. The first-order valence-electron chi connectivity index (χ1n) is 9.44. The number of pyridine rings is 1. The maximum atomic E-state index is 12.6. The van der Waals surface area contributed by atoms with E-state index >= 15 is 0 Å². The van der Waals surface area contributed by atoms with Gasteiger partial charge in [-0.25, -0.2) is 4.98 Å². The maximum Gasteiger partial charge on any atom is 0.220 e. The Morgan fingerprint density at radius 3 is 2.82 bits per heavy atom. The Labute approximate surface area is 164 Å². The summed E-state index contributed by atoms with van der Waals surface area (Å²) in [6.07, 6.45) is 5.13. The first kappa shape index (κ1) is 18.3. The molecule has 2 heterocycles. The average Bonchev–Trinajstić information content (AvgIpc) is 2.70. The molecule has 2 aliphatic carbocycles. The topological polar surface area (TPSA) is 88.8 Å². The summed E-state index contributed by atoms with van der Waals surface area (Å²) < 4.78 is 5.61. The van der Waals surface area contributed by atoms with E-state index in [1.54, 1.807) is 13.3 Å². The Kier molecular flexibility index (Phi) is 4.26. The van der Waals surface area contributed by atoms with E-state index in [0.717, 1.165) is 35.4 Å². The number of carbonyl (C=O) groups excluding carboxylic acids is 1. The Morgan fingerprint density at radius 1 is 1.36 bits per heavy atom. The first-order chi connectivity index (χ1) is 13.4. The predicted molar refractivity (Wildman–Crippen MR) is 104 cm³/mol. The van der Waals surface area contributed by atoms with E-state index in [1.165, 1.54) is 0 Å². The third kappa shape index (κ3) is 2.62. The zero-order valence-corrected chi connectivity index (χ0v) is 16.5. The van der Waals surface area contributed by atoms with E-state index in [-0.39, 0.29) is 23.2 Å². The molecule has 0 bridgehead atoms. The van der Waals surface area contributed by atoms with Crippen LogP contribution in [0.25, 0.3) is 11.4 Å². The lowest BCUT2D eigenvalue weighted by molar-refractivity contribution is -0.121. The van der Waals surface area contributed by atoms with E-state index in [0.29, 0.717) is 11.7 Å². The third-order valence-electron chi connectivity index (χ3n) is 6.15. The lowest BCUT2D eigenvalue weighted by Gasteiger charge is -2.45. The second-order valence-electron chi connectivity index (χ2n) is 7.82. The van der Waals surface area contributed by atoms with Gasteiger partial charge in [0, 0.05) is 34.4 Å². The van der Waals surface area contributed by atoms with Crippen molar-refractivity contribution in [2.45, 2.75) is 39.0 Å². The van der Waals surface area contributed by atoms with Crippen LogP contribution < -0.4 is 4.74 Å². The molecule has 142 valence electrons. The molecule has 0 saturated carbocycles. The minimum absolute atomic E-state index is 0.0700. The number of Topliss-reactive ketones (excluding diaryl/α,β-unsaturated/α-hetero) is 1. The van der Waals surface area contributed by atoms with Gasteiger partial charge < -0.3 is 4.74 Å². The van der Waals surface area contributed by atoms with Gasteiger partial charge in [0.25, 0.3) is 0 Å². The van der Waals surface area contributed by atoms with Crippen LogP contribution in [-0.2, 0) is 16.6 Å². The van der Waals surface area contributed by atoms with Gasteiger partial charge in [0.1, 0.15) is 6.07 Å². The second-order valence-corrected chi connectivity index (χ2v) is 7.82. The SMILES string of the molecule is COc1nc(-c2ccnc(C)c2)nc2c1CC[C@@H]1[C@@H](C)C(=O)C(C#N)=C[C@@]21C. The molecule has 0 unspecified atom stereocenters. The van der Waals surface area contributed by atoms with Crippen LogP contribution in [-0.4, -0.2) is 27.8 Å². The minimum atomic E-state index is -0.515. The Hall–Kier alpha value is -3.07. The van der Waals surface area contributed by atoms with Crippen LogP contribution >= 0.6 is 0 Å². The number of nitrogens with zero attached hydrogens (tertiary/aromatic N) is 4. The molecular weight excluding hydrogens is 352 g/mol. The van der Waals surface area contributed by atoms with Crippen molar-refractivity contribution in [2.24, 2.45) is 11.8 Å². The molecule has 2 aliphatic rings. The van der Waals surface area contributed by atoms with Crippen LogP contribution in [0.5, 0.6) is 5.88 Å². The number of rotatable bonds is 2. The van der Waals surface area contributed by atoms with Crippen LogP contribution in [0.3, 0.4) is 0 Å². The van der Waals surface area contributed by atoms with Crippen LogP contribution in [0.1, 0.15) is 37.2 Å². The summed E-state index contributed by atoms with van der Waals surface area (Å²) in [6, 6.07) is 5.90. The van der Waals surface area contributed by atoms with Crippen molar-refractivity contribution >= 4 is 5.78 Å². The van der Waals surface area contributed by atoms with Gasteiger partial charge in [0.05, 0.1) is 18.4 Å². The molecule has 0 aliphatic heterocycles. The smallest absolute Gasteiger partial charge is 0.220 e. The summed E-state index contributed by atoms with van der Waals surface area (Å²) >= 11 is 0. The fraction of sp³-hybridized carbons (Fsp3) is 0.409. The van der Waals surface area contributed by atoms with E-state index < -0.39 is 5.41 Å². The second kappa shape index (κ2) is 6.52. The average molecular weight is 374 g/mol. The highest BCUT2D eigenvalue weighted by Crippen LogP contribution is 2.50. The Morgan fingerprint density at radius 2 is 2.14 bits per heavy atom. The molecule has 6 nitrogen and oxygen atoms in total. The highest BCUT2D eigenvalue weighted by molar-refractivity contribution is 6.02. The zero-order valence-electron chi connectivity index (χ0n) is 16.5. The Balaban J connectivity index is 1.97. The van der Waals surface area contributed by atoms with Gasteiger partial charge in [0.15, 0.2) is 11.6 Å². The lowest BCUT2D eigenvalue weighted by Crippen LogP contribution is -2.46. The summed E-state index contributed by atoms with van der Waals surface area (Å²) in [5.74, 6) is 0.936. The molecule has 0 N–H and O–H groups in total. The van der Waals surface area contributed by atoms with Crippen LogP contribution in [0.2, 0.25) is 0 Å². The number of ketones is 1. The van der Waals surface area contributed by atoms with Crippen molar-refractivity contribution in [3.63, 3.8) is 0 Å². The number of fused-ring (bicyclic) bond motifs is 3. The quantitative estimate of drug-likeness (QED) is 0.801. The number of allylic oxidation sites excluding steroid dienone is 2. The molecule has 0 spiro atoms. The molecule has 3 atom stereocenters. The summed E-state index contributed by atoms with van der Waals surface area (Å²) in [5.41, 5.74) is 3.27. The number of nitriles is 1. The molecular formula is C22H22N4O2. The molecule has 4 rings (SSSR count). The van der Waals surface area contributed by atoms with E-state index in [9.17, 15) is 10.1 Å². The summed E-state index contributed by atoms with van der Waals surface area (Å²) in [7, 11) is 1.61. The predicted octanol–water partition coefficient (Wildman–Crippen LogP) is 3.34. The molecule has 0 aromatic carbocycles. The van der Waals surface area contributed by atoms with Gasteiger partial charge in [-0.3, -0.25) is 9.78 Å². The van der Waals surface area contributed by atoms with Gasteiger partial charge in [0.2, 0.25) is 5.88 Å². The highest BCUT2D eigenvalue weighted by Gasteiger charge is 2.49. The van der Waals surface area contributed by atoms with E-state index in [2.05, 4.69) is 23.0 Å². The van der Waals surface area contributed by atoms with Crippen LogP contribution in [0, 0.1) is 30.1 Å². The van der Waals surface area contributed by atoms with Crippen molar-refractivity contribution in [2.75, 3.05) is 7.11 Å². The van der Waals surface area contributed by atoms with Crippen molar-refractivity contribution in [1.82, 2.24) is 15.0 Å². The monoisotopic (exact) mass is 374 g/mol. The number of methoxy groups -OCH3 is 1. The van der Waals surface area contributed by atoms with Gasteiger partial charge in [-0.2, -0.15) is 10.2 Å². The number of aryl methyl sites for hydroxylation is 1. The van der Waals surface area contributed by atoms with Crippen LogP contribution in [0.4, 0.5) is 0 Å². The highest BCUT2D eigenvalue weighted by atomic mass is 16.5. The zero-order chi connectivity index (χ0) is 20.1. The van der Waals surface area contributed by atoms with Crippen molar-refractivity contribution < 1.29 is 9.53 Å². The fourth-order valence-corrected chi connectivity index (χ4v) is 4.72. The van der Waals surface area contributed by atoms with Crippen molar-refractivity contribution in [3.8, 4) is 23.3 Å². The fourth-order valence-electron chi connectivity index (χ4n) is 4.72. The third-order valence-corrected chi connectivity index (χ3v) is 6.15. The lowest BCUT2D eigenvalue weighted by atomic mass is 9.58. The normalized spacial score (nSPS) is 26.0. The van der Waals surface area contributed by atoms with Gasteiger partial charge >= 0.3 is 0 Å². The first-order valence-corrected chi connectivity index (χ1v) is 9.44. The molecule has 0 radical (unpaired) electrons. The van der Waals surface area contributed by atoms with Gasteiger partial charge in [-0.05, 0) is 37.8 Å². The van der Waals surface area contributed by atoms with Gasteiger partial charge in [-0.1, -0.05) is 19.9 Å².